The topological polar surface area (TPSA) is 55.4 Å². The van der Waals surface area contributed by atoms with Crippen LogP contribution in [0.25, 0.3) is 0 Å². The highest BCUT2D eigenvalue weighted by molar-refractivity contribution is 5.89. The maximum atomic E-state index is 11.3. The molecule has 0 saturated heterocycles. The molecule has 4 heteroatoms. The molecule has 4 nitrogen and oxygen atoms in total. The fourth-order valence-electron chi connectivity index (χ4n) is 0.902. The third kappa shape index (κ3) is 2.72. The minimum atomic E-state index is -0.840. The van der Waals surface area contributed by atoms with Crippen molar-refractivity contribution < 1.29 is 14.3 Å². The number of carbonyl (C=O) groups excluding carboxylic acids is 2. The van der Waals surface area contributed by atoms with Crippen LogP contribution >= 0.6 is 0 Å². The van der Waals surface area contributed by atoms with Crippen LogP contribution in [0.3, 0.4) is 0 Å². The van der Waals surface area contributed by atoms with E-state index in [1.165, 1.54) is 14.0 Å². The Bertz CT molecular complexity index is 213. The molecule has 1 atom stereocenters. The van der Waals surface area contributed by atoms with Gasteiger partial charge in [0.25, 0.3) is 0 Å². The van der Waals surface area contributed by atoms with Crippen LogP contribution in [-0.4, -0.2) is 24.5 Å². The van der Waals surface area contributed by atoms with Crippen LogP contribution in [0.4, 0.5) is 4.79 Å². The van der Waals surface area contributed by atoms with Gasteiger partial charge in [0.2, 0.25) is 0 Å². The Hall–Kier alpha value is -1.06. The molecule has 0 saturated carbocycles. The van der Waals surface area contributed by atoms with Crippen molar-refractivity contribution in [3.8, 4) is 0 Å². The first-order chi connectivity index (χ1) is 5.84. The summed E-state index contributed by atoms with van der Waals surface area (Å²) in [5.41, 5.74) is -0.840. The predicted molar refractivity (Wildman–Crippen MR) is 49.5 cm³/mol. The van der Waals surface area contributed by atoms with Crippen LogP contribution in [0.2, 0.25) is 0 Å². The normalized spacial score (nSPS) is 14.9. The van der Waals surface area contributed by atoms with Crippen LogP contribution in [0.1, 0.15) is 27.7 Å². The van der Waals surface area contributed by atoms with Crippen molar-refractivity contribution >= 4 is 11.9 Å². The number of Topliss-reactive ketones (excluding diaryl/α,β-unsaturated/α-hetero) is 1. The van der Waals surface area contributed by atoms with Gasteiger partial charge in [-0.3, -0.25) is 4.79 Å². The summed E-state index contributed by atoms with van der Waals surface area (Å²) in [4.78, 5) is 22.2. The summed E-state index contributed by atoms with van der Waals surface area (Å²) in [6.45, 7) is 6.89. The molecule has 0 radical (unpaired) electrons. The largest absolute Gasteiger partial charge is 0.453 e. The lowest BCUT2D eigenvalue weighted by Crippen LogP contribution is -2.54. The average Bonchev–Trinajstić information content (AvgIpc) is 2.03. The summed E-state index contributed by atoms with van der Waals surface area (Å²) in [5, 5.41) is 2.53. The van der Waals surface area contributed by atoms with Crippen LogP contribution in [-0.2, 0) is 9.53 Å². The second-order valence-electron chi connectivity index (χ2n) is 3.53. The van der Waals surface area contributed by atoms with Crippen molar-refractivity contribution in [2.45, 2.75) is 33.2 Å². The Labute approximate surface area is 78.6 Å². The summed E-state index contributed by atoms with van der Waals surface area (Å²) in [6, 6.07) is 0. The van der Waals surface area contributed by atoms with Gasteiger partial charge in [-0.1, -0.05) is 13.8 Å². The first-order valence-electron chi connectivity index (χ1n) is 4.21. The molecule has 0 aliphatic rings. The molecule has 0 heterocycles. The molecule has 0 unspecified atom stereocenters. The first-order valence-corrected chi connectivity index (χ1v) is 4.21. The highest BCUT2D eigenvalue weighted by atomic mass is 16.5. The summed E-state index contributed by atoms with van der Waals surface area (Å²) in [7, 11) is 1.27. The SMILES string of the molecule is COC(=O)N[C@](C)(C(C)=O)C(C)C. The standard InChI is InChI=1S/C9H17NO3/c1-6(2)9(4,7(3)11)10-8(12)13-5/h6H,1-5H3,(H,10,12)/t9-/m0/s1. The van der Waals surface area contributed by atoms with E-state index in [0.29, 0.717) is 0 Å². The molecule has 0 aromatic carbocycles. The number of hydrogen-bond donors (Lipinski definition) is 1. The van der Waals surface area contributed by atoms with E-state index in [9.17, 15) is 9.59 Å². The monoisotopic (exact) mass is 187 g/mol. The molecule has 0 rings (SSSR count). The van der Waals surface area contributed by atoms with E-state index in [4.69, 9.17) is 0 Å². The van der Waals surface area contributed by atoms with Gasteiger partial charge in [0.1, 0.15) is 5.54 Å². The minimum absolute atomic E-state index is 0.0316. The van der Waals surface area contributed by atoms with Crippen LogP contribution in [0, 0.1) is 5.92 Å². The molecular weight excluding hydrogens is 170 g/mol. The number of alkyl carbamates (subject to hydrolysis) is 1. The van der Waals surface area contributed by atoms with Gasteiger partial charge in [0, 0.05) is 0 Å². The fourth-order valence-corrected chi connectivity index (χ4v) is 0.902. The molecule has 0 aromatic rings. The van der Waals surface area contributed by atoms with E-state index >= 15 is 0 Å². The molecule has 13 heavy (non-hydrogen) atoms. The number of ether oxygens (including phenoxy) is 1. The summed E-state index contributed by atoms with van der Waals surface area (Å²) in [5.74, 6) is -0.0444. The third-order valence-electron chi connectivity index (χ3n) is 2.43. The van der Waals surface area contributed by atoms with Crippen molar-refractivity contribution in [3.05, 3.63) is 0 Å². The van der Waals surface area contributed by atoms with Crippen molar-refractivity contribution in [2.75, 3.05) is 7.11 Å². The van der Waals surface area contributed by atoms with Crippen LogP contribution < -0.4 is 5.32 Å². The fraction of sp³-hybridized carbons (Fsp3) is 0.778. The highest BCUT2D eigenvalue weighted by Crippen LogP contribution is 2.17. The Morgan fingerprint density at radius 2 is 1.85 bits per heavy atom. The highest BCUT2D eigenvalue weighted by Gasteiger charge is 2.35. The smallest absolute Gasteiger partial charge is 0.407 e. The maximum Gasteiger partial charge on any atom is 0.407 e. The number of methoxy groups -OCH3 is 1. The van der Waals surface area contributed by atoms with Gasteiger partial charge in [0.15, 0.2) is 5.78 Å². The van der Waals surface area contributed by atoms with Gasteiger partial charge >= 0.3 is 6.09 Å². The molecule has 0 aliphatic heterocycles. The van der Waals surface area contributed by atoms with E-state index < -0.39 is 11.6 Å². The van der Waals surface area contributed by atoms with Gasteiger partial charge in [-0.05, 0) is 19.8 Å². The van der Waals surface area contributed by atoms with E-state index in [2.05, 4.69) is 10.1 Å². The van der Waals surface area contributed by atoms with Gasteiger partial charge in [0.05, 0.1) is 7.11 Å². The van der Waals surface area contributed by atoms with E-state index in [0.717, 1.165) is 0 Å². The van der Waals surface area contributed by atoms with Crippen LogP contribution in [0.15, 0.2) is 0 Å². The summed E-state index contributed by atoms with van der Waals surface area (Å²) >= 11 is 0. The molecule has 0 aliphatic carbocycles. The quantitative estimate of drug-likeness (QED) is 0.725. The van der Waals surface area contributed by atoms with E-state index in [1.807, 2.05) is 13.8 Å². The van der Waals surface area contributed by atoms with Gasteiger partial charge in [-0.2, -0.15) is 0 Å². The Balaban J connectivity index is 4.61. The predicted octanol–water partition coefficient (Wildman–Crippen LogP) is 1.35. The number of amides is 1. The molecular formula is C9H17NO3. The lowest BCUT2D eigenvalue weighted by Gasteiger charge is -2.31. The van der Waals surface area contributed by atoms with Gasteiger partial charge in [-0.25, -0.2) is 4.79 Å². The van der Waals surface area contributed by atoms with Gasteiger partial charge in [-0.15, -0.1) is 0 Å². The van der Waals surface area contributed by atoms with Gasteiger partial charge < -0.3 is 10.1 Å². The minimum Gasteiger partial charge on any atom is -0.453 e. The molecule has 76 valence electrons. The second kappa shape index (κ2) is 4.25. The lowest BCUT2D eigenvalue weighted by molar-refractivity contribution is -0.124. The summed E-state index contributed by atoms with van der Waals surface area (Å²) < 4.78 is 4.44. The Morgan fingerprint density at radius 3 is 2.08 bits per heavy atom. The Morgan fingerprint density at radius 1 is 1.38 bits per heavy atom. The van der Waals surface area contributed by atoms with Crippen LogP contribution in [0.5, 0.6) is 0 Å². The van der Waals surface area contributed by atoms with Crippen molar-refractivity contribution in [1.29, 1.82) is 0 Å². The van der Waals surface area contributed by atoms with Crippen molar-refractivity contribution in [3.63, 3.8) is 0 Å². The summed E-state index contributed by atoms with van der Waals surface area (Å²) in [6.07, 6.45) is -0.577. The maximum absolute atomic E-state index is 11.3. The zero-order valence-electron chi connectivity index (χ0n) is 8.80. The molecule has 0 bridgehead atoms. The zero-order chi connectivity index (χ0) is 10.6. The zero-order valence-corrected chi connectivity index (χ0v) is 8.80. The number of carbonyl (C=O) groups is 2. The number of hydrogen-bond acceptors (Lipinski definition) is 3. The third-order valence-corrected chi connectivity index (χ3v) is 2.43. The lowest BCUT2D eigenvalue weighted by atomic mass is 9.85. The first kappa shape index (κ1) is 11.9. The molecule has 0 spiro atoms. The van der Waals surface area contributed by atoms with Crippen molar-refractivity contribution in [1.82, 2.24) is 5.32 Å². The molecule has 1 amide bonds. The van der Waals surface area contributed by atoms with E-state index in [1.54, 1.807) is 6.92 Å². The number of rotatable bonds is 3. The molecule has 0 aromatic heterocycles. The van der Waals surface area contributed by atoms with Crippen molar-refractivity contribution in [2.24, 2.45) is 5.92 Å². The number of ketones is 1. The molecule has 1 N–H and O–H groups in total. The average molecular weight is 187 g/mol. The van der Waals surface area contributed by atoms with E-state index in [-0.39, 0.29) is 11.7 Å². The molecule has 0 fully saturated rings. The number of nitrogens with one attached hydrogen (secondary N) is 1. The Kier molecular flexibility index (Phi) is 3.91. The second-order valence-corrected chi connectivity index (χ2v) is 3.53.